The van der Waals surface area contributed by atoms with E-state index in [1.165, 1.54) is 5.56 Å². The van der Waals surface area contributed by atoms with Gasteiger partial charge in [0.2, 0.25) is 0 Å². The summed E-state index contributed by atoms with van der Waals surface area (Å²) in [5.41, 5.74) is 4.98. The molecule has 184 valence electrons. The molecule has 7 heteroatoms. The summed E-state index contributed by atoms with van der Waals surface area (Å²) in [7, 11) is 0. The molecular weight excluding hydrogens is 452 g/mol. The Kier molecular flexibility index (Phi) is 7.28. The van der Waals surface area contributed by atoms with Crippen molar-refractivity contribution in [3.8, 4) is 0 Å². The van der Waals surface area contributed by atoms with Gasteiger partial charge in [0.15, 0.2) is 6.61 Å². The van der Waals surface area contributed by atoms with E-state index in [2.05, 4.69) is 44.4 Å². The Morgan fingerprint density at radius 1 is 0.861 bits per heavy atom. The zero-order valence-electron chi connectivity index (χ0n) is 20.2. The summed E-state index contributed by atoms with van der Waals surface area (Å²) in [5.74, 6) is -0.791. The van der Waals surface area contributed by atoms with E-state index in [1.807, 2.05) is 54.6 Å². The molecule has 4 aromatic rings. The van der Waals surface area contributed by atoms with Gasteiger partial charge in [0.1, 0.15) is 0 Å². The van der Waals surface area contributed by atoms with Gasteiger partial charge in [-0.1, -0.05) is 48.5 Å². The molecule has 2 heterocycles. The average Bonchev–Trinajstić information content (AvgIpc) is 3.32. The second-order valence-electron chi connectivity index (χ2n) is 9.04. The van der Waals surface area contributed by atoms with Crippen molar-refractivity contribution in [3.05, 3.63) is 96.2 Å². The number of benzene rings is 3. The van der Waals surface area contributed by atoms with Crippen molar-refractivity contribution in [2.45, 2.75) is 13.0 Å². The molecule has 3 aromatic carbocycles. The van der Waals surface area contributed by atoms with Crippen LogP contribution in [0.15, 0.2) is 85.1 Å². The van der Waals surface area contributed by atoms with Crippen molar-refractivity contribution in [1.29, 1.82) is 0 Å². The van der Waals surface area contributed by atoms with Gasteiger partial charge in [-0.3, -0.25) is 14.5 Å². The number of carbonyl (C=O) groups is 2. The molecule has 7 nitrogen and oxygen atoms in total. The van der Waals surface area contributed by atoms with E-state index >= 15 is 0 Å². The van der Waals surface area contributed by atoms with Crippen molar-refractivity contribution in [2.75, 3.05) is 43.0 Å². The molecule has 0 aliphatic carbocycles. The van der Waals surface area contributed by atoms with Gasteiger partial charge in [0.05, 0.1) is 6.42 Å². The van der Waals surface area contributed by atoms with Gasteiger partial charge < -0.3 is 19.9 Å². The van der Waals surface area contributed by atoms with Crippen molar-refractivity contribution in [2.24, 2.45) is 0 Å². The molecule has 5 rings (SSSR count). The van der Waals surface area contributed by atoms with E-state index in [0.29, 0.717) is 5.69 Å². The van der Waals surface area contributed by atoms with Gasteiger partial charge in [-0.2, -0.15) is 0 Å². The van der Waals surface area contributed by atoms with Gasteiger partial charge in [0.25, 0.3) is 5.91 Å². The summed E-state index contributed by atoms with van der Waals surface area (Å²) in [6.45, 7) is 4.61. The molecule has 1 amide bonds. The van der Waals surface area contributed by atoms with Crippen LogP contribution in [-0.2, 0) is 27.3 Å². The number of amides is 1. The van der Waals surface area contributed by atoms with E-state index in [9.17, 15) is 9.59 Å². The Balaban J connectivity index is 1.05. The molecule has 1 fully saturated rings. The molecule has 0 bridgehead atoms. The molecule has 1 aliphatic rings. The third kappa shape index (κ3) is 5.93. The van der Waals surface area contributed by atoms with E-state index < -0.39 is 5.97 Å². The number of aromatic amines is 1. The normalized spacial score (nSPS) is 14.1. The standard InChI is InChI=1S/C29H30N4O3/c34-28(21-36-29(35)18-23-19-30-27-9-5-4-8-26(23)27)31-24-10-12-25(13-11-24)33-16-14-32(15-17-33)20-22-6-2-1-3-7-22/h1-13,19,30H,14-18,20-21H2,(H,31,34). The number of nitrogens with one attached hydrogen (secondary N) is 2. The van der Waals surface area contributed by atoms with Gasteiger partial charge >= 0.3 is 5.97 Å². The number of para-hydroxylation sites is 1. The van der Waals surface area contributed by atoms with Crippen LogP contribution in [0.3, 0.4) is 0 Å². The van der Waals surface area contributed by atoms with Gasteiger partial charge in [-0.05, 0) is 41.5 Å². The number of fused-ring (bicyclic) bond motifs is 1. The van der Waals surface area contributed by atoms with E-state index in [0.717, 1.165) is 54.9 Å². The fourth-order valence-corrected chi connectivity index (χ4v) is 4.59. The monoisotopic (exact) mass is 482 g/mol. The number of H-pyrrole nitrogens is 1. The number of ether oxygens (including phenoxy) is 1. The number of anilines is 2. The zero-order valence-corrected chi connectivity index (χ0v) is 20.2. The van der Waals surface area contributed by atoms with Crippen LogP contribution < -0.4 is 10.2 Å². The largest absolute Gasteiger partial charge is 0.455 e. The molecular formula is C29H30N4O3. The highest BCUT2D eigenvalue weighted by Gasteiger charge is 2.17. The lowest BCUT2D eigenvalue weighted by molar-refractivity contribution is -0.146. The SMILES string of the molecule is O=C(COC(=O)Cc1c[nH]c2ccccc12)Nc1ccc(N2CCN(Cc3ccccc3)CC2)cc1. The van der Waals surface area contributed by atoms with E-state index in [-0.39, 0.29) is 18.9 Å². The van der Waals surface area contributed by atoms with Crippen molar-refractivity contribution in [3.63, 3.8) is 0 Å². The maximum absolute atomic E-state index is 12.3. The van der Waals surface area contributed by atoms with Gasteiger partial charge in [0, 0.05) is 61.2 Å². The molecule has 0 radical (unpaired) electrons. The van der Waals surface area contributed by atoms with Gasteiger partial charge in [-0.15, -0.1) is 0 Å². The number of rotatable bonds is 8. The summed E-state index contributed by atoms with van der Waals surface area (Å²) in [4.78, 5) is 32.5. The molecule has 0 unspecified atom stereocenters. The minimum atomic E-state index is -0.434. The third-order valence-electron chi connectivity index (χ3n) is 6.51. The molecule has 1 saturated heterocycles. The number of aromatic nitrogens is 1. The zero-order chi connectivity index (χ0) is 24.7. The second kappa shape index (κ2) is 11.1. The fraction of sp³-hybridized carbons (Fsp3) is 0.241. The first-order valence-corrected chi connectivity index (χ1v) is 12.3. The molecule has 1 aromatic heterocycles. The molecule has 0 saturated carbocycles. The smallest absolute Gasteiger partial charge is 0.310 e. The minimum absolute atomic E-state index is 0.116. The molecule has 2 N–H and O–H groups in total. The summed E-state index contributed by atoms with van der Waals surface area (Å²) < 4.78 is 5.19. The summed E-state index contributed by atoms with van der Waals surface area (Å²) in [6, 6.07) is 26.1. The van der Waals surface area contributed by atoms with Crippen molar-refractivity contribution >= 4 is 34.2 Å². The molecule has 36 heavy (non-hydrogen) atoms. The van der Waals surface area contributed by atoms with Crippen molar-refractivity contribution < 1.29 is 14.3 Å². The summed E-state index contributed by atoms with van der Waals surface area (Å²) in [6.07, 6.45) is 1.92. The van der Waals surface area contributed by atoms with Crippen LogP contribution in [0, 0.1) is 0 Å². The molecule has 0 atom stereocenters. The number of carbonyl (C=O) groups excluding carboxylic acids is 2. The number of hydrogen-bond acceptors (Lipinski definition) is 5. The predicted octanol–water partition coefficient (Wildman–Crippen LogP) is 4.21. The topological polar surface area (TPSA) is 77.7 Å². The second-order valence-corrected chi connectivity index (χ2v) is 9.04. The lowest BCUT2D eigenvalue weighted by Crippen LogP contribution is -2.45. The van der Waals surface area contributed by atoms with Crippen LogP contribution in [0.1, 0.15) is 11.1 Å². The van der Waals surface area contributed by atoms with E-state index in [1.54, 1.807) is 6.20 Å². The quantitative estimate of drug-likeness (QED) is 0.368. The Bertz CT molecular complexity index is 1310. The number of piperazine rings is 1. The lowest BCUT2D eigenvalue weighted by atomic mass is 10.1. The Morgan fingerprint density at radius 2 is 1.58 bits per heavy atom. The first kappa shape index (κ1) is 23.6. The number of hydrogen-bond donors (Lipinski definition) is 2. The maximum atomic E-state index is 12.3. The predicted molar refractivity (Wildman–Crippen MR) is 142 cm³/mol. The first-order valence-electron chi connectivity index (χ1n) is 12.3. The van der Waals surface area contributed by atoms with Crippen LogP contribution in [0.4, 0.5) is 11.4 Å². The molecule has 1 aliphatic heterocycles. The van der Waals surface area contributed by atoms with Crippen molar-refractivity contribution in [1.82, 2.24) is 9.88 Å². The Hall–Kier alpha value is -4.10. The van der Waals surface area contributed by atoms with Crippen LogP contribution in [-0.4, -0.2) is 54.5 Å². The highest BCUT2D eigenvalue weighted by atomic mass is 16.5. The van der Waals surface area contributed by atoms with Crippen LogP contribution >= 0.6 is 0 Å². The van der Waals surface area contributed by atoms with Gasteiger partial charge in [-0.25, -0.2) is 0 Å². The number of nitrogens with zero attached hydrogens (tertiary/aromatic N) is 2. The third-order valence-corrected chi connectivity index (χ3v) is 6.51. The minimum Gasteiger partial charge on any atom is -0.455 e. The first-order chi connectivity index (χ1) is 17.6. The summed E-state index contributed by atoms with van der Waals surface area (Å²) in [5, 5.41) is 3.78. The van der Waals surface area contributed by atoms with Crippen LogP contribution in [0.25, 0.3) is 10.9 Å². The van der Waals surface area contributed by atoms with Crippen LogP contribution in [0.2, 0.25) is 0 Å². The highest BCUT2D eigenvalue weighted by Crippen LogP contribution is 2.21. The Morgan fingerprint density at radius 3 is 2.36 bits per heavy atom. The maximum Gasteiger partial charge on any atom is 0.310 e. The van der Waals surface area contributed by atoms with Crippen LogP contribution in [0.5, 0.6) is 0 Å². The fourth-order valence-electron chi connectivity index (χ4n) is 4.59. The number of esters is 1. The lowest BCUT2D eigenvalue weighted by Gasteiger charge is -2.36. The Labute approximate surface area is 210 Å². The average molecular weight is 483 g/mol. The highest BCUT2D eigenvalue weighted by molar-refractivity contribution is 5.93. The molecule has 0 spiro atoms. The summed E-state index contributed by atoms with van der Waals surface area (Å²) >= 11 is 0. The van der Waals surface area contributed by atoms with E-state index in [4.69, 9.17) is 4.74 Å².